The Bertz CT molecular complexity index is 1340. The van der Waals surface area contributed by atoms with E-state index < -0.39 is 32.7 Å². The molecule has 0 aromatic carbocycles. The van der Waals surface area contributed by atoms with Crippen LogP contribution in [-0.2, 0) is 9.84 Å². The van der Waals surface area contributed by atoms with E-state index in [1.54, 1.807) is 12.1 Å². The second kappa shape index (κ2) is 7.27. The van der Waals surface area contributed by atoms with Crippen LogP contribution in [0.15, 0.2) is 35.7 Å². The Kier molecular flexibility index (Phi) is 4.75. The minimum atomic E-state index is -3.58. The van der Waals surface area contributed by atoms with Crippen molar-refractivity contribution >= 4 is 38.3 Å². The molecule has 0 fully saturated rings. The highest BCUT2D eigenvalue weighted by Gasteiger charge is 2.35. The van der Waals surface area contributed by atoms with E-state index in [0.29, 0.717) is 22.3 Å². The van der Waals surface area contributed by atoms with Crippen LogP contribution in [-0.4, -0.2) is 45.2 Å². The predicted octanol–water partition coefficient (Wildman–Crippen LogP) is 1.39. The maximum Gasteiger partial charge on any atom is 0.228 e. The monoisotopic (exact) mass is 426 g/mol. The van der Waals surface area contributed by atoms with Crippen molar-refractivity contribution in [2.75, 3.05) is 11.1 Å². The number of halogens is 1. The van der Waals surface area contributed by atoms with Gasteiger partial charge in [0.15, 0.2) is 21.5 Å². The van der Waals surface area contributed by atoms with Gasteiger partial charge in [-0.05, 0) is 19.1 Å². The average molecular weight is 426 g/mol. The van der Waals surface area contributed by atoms with Gasteiger partial charge in [-0.25, -0.2) is 27.8 Å². The predicted molar refractivity (Wildman–Crippen MR) is 107 cm³/mol. The van der Waals surface area contributed by atoms with Crippen LogP contribution < -0.4 is 11.1 Å². The van der Waals surface area contributed by atoms with E-state index in [1.807, 2.05) is 6.07 Å². The van der Waals surface area contributed by atoms with Crippen molar-refractivity contribution in [3.63, 3.8) is 0 Å². The second-order valence-electron chi connectivity index (χ2n) is 6.66. The number of nitrogens with zero attached hydrogens (tertiary/aromatic N) is 6. The Balaban J connectivity index is 1.72. The van der Waals surface area contributed by atoms with E-state index in [2.05, 4.69) is 30.2 Å². The van der Waals surface area contributed by atoms with Crippen molar-refractivity contribution in [2.24, 2.45) is 10.7 Å². The normalized spacial score (nSPS) is 20.4. The van der Waals surface area contributed by atoms with Crippen LogP contribution in [0, 0.1) is 17.1 Å². The maximum atomic E-state index is 14.4. The number of aliphatic imine (C=N–C) groups is 1. The van der Waals surface area contributed by atoms with Crippen LogP contribution >= 0.6 is 0 Å². The molecule has 2 atom stereocenters. The molecular formula is C18H15FN8O2S. The first-order valence-electron chi connectivity index (χ1n) is 8.77. The fourth-order valence-electron chi connectivity index (χ4n) is 3.00. The lowest BCUT2D eigenvalue weighted by Gasteiger charge is -2.23. The standard InChI is InChI=1S/C18H15FN8O2S/c1-9-16(21)25-13(8-30(9,28)29)15-12(19)7-24-18(26-15)27-17-14-11(2-3-22-17)4-10(5-20)6-23-14/h2-4,6-7,9,13H,8H2,1H3,(H2,21,25)(H,22,24,26,27)/t9-,13-/m0/s1. The number of nitriles is 1. The fraction of sp³-hybridized carbons (Fsp3) is 0.222. The Hall–Kier alpha value is -3.72. The Morgan fingerprint density at radius 1 is 1.30 bits per heavy atom. The van der Waals surface area contributed by atoms with Gasteiger partial charge in [0.1, 0.15) is 34.4 Å². The van der Waals surface area contributed by atoms with Crippen LogP contribution in [0.1, 0.15) is 24.2 Å². The Morgan fingerprint density at radius 2 is 2.10 bits per heavy atom. The van der Waals surface area contributed by atoms with E-state index in [1.165, 1.54) is 19.3 Å². The largest absolute Gasteiger partial charge is 0.386 e. The number of hydrogen-bond donors (Lipinski definition) is 2. The third-order valence-corrected chi connectivity index (χ3v) is 6.79. The molecule has 1 aliphatic rings. The van der Waals surface area contributed by atoms with Crippen molar-refractivity contribution in [1.82, 2.24) is 19.9 Å². The number of nitrogens with two attached hydrogens (primary N) is 1. The van der Waals surface area contributed by atoms with E-state index in [0.717, 1.165) is 6.20 Å². The molecule has 1 aliphatic heterocycles. The molecule has 0 bridgehead atoms. The Morgan fingerprint density at radius 3 is 2.83 bits per heavy atom. The minimum Gasteiger partial charge on any atom is -0.386 e. The van der Waals surface area contributed by atoms with Gasteiger partial charge in [0.25, 0.3) is 0 Å². The highest BCUT2D eigenvalue weighted by atomic mass is 32.2. The summed E-state index contributed by atoms with van der Waals surface area (Å²) >= 11 is 0. The van der Waals surface area contributed by atoms with Crippen LogP contribution in [0.4, 0.5) is 16.2 Å². The number of amidine groups is 1. The molecule has 3 N–H and O–H groups in total. The topological polar surface area (TPSA) is 160 Å². The number of aromatic nitrogens is 4. The highest BCUT2D eigenvalue weighted by Crippen LogP contribution is 2.28. The van der Waals surface area contributed by atoms with Gasteiger partial charge in [-0.3, -0.25) is 9.98 Å². The first kappa shape index (κ1) is 19.6. The van der Waals surface area contributed by atoms with Gasteiger partial charge >= 0.3 is 0 Å². The molecule has 0 saturated carbocycles. The summed E-state index contributed by atoms with van der Waals surface area (Å²) in [5.74, 6) is -1.01. The Labute approximate surface area is 170 Å². The molecule has 0 amide bonds. The molecule has 0 saturated heterocycles. The molecule has 12 heteroatoms. The van der Waals surface area contributed by atoms with E-state index in [-0.39, 0.29) is 17.5 Å². The molecule has 30 heavy (non-hydrogen) atoms. The molecule has 10 nitrogen and oxygen atoms in total. The van der Waals surface area contributed by atoms with Crippen molar-refractivity contribution in [1.29, 1.82) is 5.26 Å². The van der Waals surface area contributed by atoms with Crippen molar-refractivity contribution in [2.45, 2.75) is 18.2 Å². The summed E-state index contributed by atoms with van der Waals surface area (Å²) in [6.07, 6.45) is 3.84. The molecule has 4 heterocycles. The van der Waals surface area contributed by atoms with Crippen LogP contribution in [0.2, 0.25) is 0 Å². The summed E-state index contributed by atoms with van der Waals surface area (Å²) in [6, 6.07) is 4.27. The second-order valence-corrected chi connectivity index (χ2v) is 9.03. The molecule has 0 aliphatic carbocycles. The fourth-order valence-corrected chi connectivity index (χ4v) is 4.39. The van der Waals surface area contributed by atoms with Gasteiger partial charge in [0.2, 0.25) is 5.95 Å². The summed E-state index contributed by atoms with van der Waals surface area (Å²) in [4.78, 5) is 20.5. The maximum absolute atomic E-state index is 14.4. The van der Waals surface area contributed by atoms with Gasteiger partial charge in [0.05, 0.1) is 17.5 Å². The zero-order valence-corrected chi connectivity index (χ0v) is 16.4. The highest BCUT2D eigenvalue weighted by molar-refractivity contribution is 7.92. The van der Waals surface area contributed by atoms with Crippen LogP contribution in [0.25, 0.3) is 10.9 Å². The summed E-state index contributed by atoms with van der Waals surface area (Å²) in [6.45, 7) is 1.44. The number of pyridine rings is 2. The van der Waals surface area contributed by atoms with Gasteiger partial charge in [-0.1, -0.05) is 0 Å². The first-order valence-corrected chi connectivity index (χ1v) is 10.5. The SMILES string of the molecule is C[C@H]1C(N)=N[C@H](c2nc(Nc3nccc4cc(C#N)cnc34)ncc2F)CS1(=O)=O. The number of hydrogen-bond acceptors (Lipinski definition) is 10. The third kappa shape index (κ3) is 3.50. The van der Waals surface area contributed by atoms with Gasteiger partial charge < -0.3 is 11.1 Å². The summed E-state index contributed by atoms with van der Waals surface area (Å²) in [5.41, 5.74) is 6.39. The lowest BCUT2D eigenvalue weighted by molar-refractivity contribution is 0.555. The van der Waals surface area contributed by atoms with E-state index in [4.69, 9.17) is 11.0 Å². The number of fused-ring (bicyclic) bond motifs is 1. The summed E-state index contributed by atoms with van der Waals surface area (Å²) in [7, 11) is -3.58. The first-order chi connectivity index (χ1) is 14.3. The molecule has 0 spiro atoms. The molecule has 152 valence electrons. The summed E-state index contributed by atoms with van der Waals surface area (Å²) in [5, 5.41) is 11.6. The summed E-state index contributed by atoms with van der Waals surface area (Å²) < 4.78 is 38.9. The average Bonchev–Trinajstić information content (AvgIpc) is 2.72. The van der Waals surface area contributed by atoms with Crippen molar-refractivity contribution in [3.8, 4) is 6.07 Å². The van der Waals surface area contributed by atoms with E-state index >= 15 is 0 Å². The molecular weight excluding hydrogens is 411 g/mol. The number of rotatable bonds is 3. The van der Waals surface area contributed by atoms with Crippen molar-refractivity contribution < 1.29 is 12.8 Å². The van der Waals surface area contributed by atoms with Gasteiger partial charge in [0, 0.05) is 17.8 Å². The molecule has 0 radical (unpaired) electrons. The number of anilines is 2. The number of nitrogens with one attached hydrogen (secondary N) is 1. The molecule has 0 unspecified atom stereocenters. The van der Waals surface area contributed by atoms with Gasteiger partial charge in [-0.15, -0.1) is 0 Å². The zero-order chi connectivity index (χ0) is 21.5. The lowest BCUT2D eigenvalue weighted by atomic mass is 10.2. The van der Waals surface area contributed by atoms with Crippen LogP contribution in [0.5, 0.6) is 0 Å². The molecule has 3 aromatic heterocycles. The molecule has 3 aromatic rings. The lowest BCUT2D eigenvalue weighted by Crippen LogP contribution is -2.41. The van der Waals surface area contributed by atoms with Gasteiger partial charge in [-0.2, -0.15) is 5.26 Å². The van der Waals surface area contributed by atoms with E-state index in [9.17, 15) is 12.8 Å². The third-order valence-electron chi connectivity index (χ3n) is 4.70. The smallest absolute Gasteiger partial charge is 0.228 e. The minimum absolute atomic E-state index is 0.0117. The zero-order valence-electron chi connectivity index (χ0n) is 15.6. The molecule has 4 rings (SSSR count). The van der Waals surface area contributed by atoms with Crippen molar-refractivity contribution in [3.05, 3.63) is 47.8 Å². The quantitative estimate of drug-likeness (QED) is 0.630. The van der Waals surface area contributed by atoms with Crippen LogP contribution in [0.3, 0.4) is 0 Å². The number of sulfone groups is 1.